The highest BCUT2D eigenvalue weighted by molar-refractivity contribution is 7.15. The van der Waals surface area contributed by atoms with Crippen molar-refractivity contribution in [3.63, 3.8) is 0 Å². The van der Waals surface area contributed by atoms with Crippen molar-refractivity contribution in [2.75, 3.05) is 0 Å². The Balaban J connectivity index is 1.68. The molecule has 0 atom stereocenters. The summed E-state index contributed by atoms with van der Waals surface area (Å²) in [6.45, 7) is 0.382. The van der Waals surface area contributed by atoms with E-state index in [1.54, 1.807) is 12.4 Å². The summed E-state index contributed by atoms with van der Waals surface area (Å²) in [6.07, 6.45) is 7.64. The molecule has 0 saturated heterocycles. The van der Waals surface area contributed by atoms with Crippen LogP contribution in [-0.4, -0.2) is 15.0 Å². The summed E-state index contributed by atoms with van der Waals surface area (Å²) < 4.78 is 5.89. The summed E-state index contributed by atoms with van der Waals surface area (Å²) in [5.74, 6) is 0.593. The van der Waals surface area contributed by atoms with Crippen LogP contribution in [0.2, 0.25) is 0 Å². The van der Waals surface area contributed by atoms with E-state index < -0.39 is 0 Å². The van der Waals surface area contributed by atoms with Gasteiger partial charge < -0.3 is 4.74 Å². The van der Waals surface area contributed by atoms with Gasteiger partial charge in [0.1, 0.15) is 22.6 Å². The zero-order chi connectivity index (χ0) is 17.1. The topological polar surface area (TPSA) is 71.7 Å². The Labute approximate surface area is 150 Å². The van der Waals surface area contributed by atoms with Gasteiger partial charge in [-0.15, -0.1) is 11.3 Å². The molecule has 25 heavy (non-hydrogen) atoms. The zero-order valence-corrected chi connectivity index (χ0v) is 14.4. The maximum atomic E-state index is 9.08. The van der Waals surface area contributed by atoms with Crippen molar-refractivity contribution in [3.8, 4) is 22.5 Å². The minimum atomic E-state index is 0.382. The molecular weight excluding hydrogens is 332 g/mol. The molecule has 0 N–H and O–H groups in total. The third kappa shape index (κ3) is 3.37. The summed E-state index contributed by atoms with van der Waals surface area (Å²) in [7, 11) is 0. The molecule has 0 aromatic carbocycles. The molecule has 1 aliphatic carbocycles. The standard InChI is InChI=1S/C19H16N4OS/c20-10-14-11-22-19(25-14)16-9-18(23-17-7-2-1-6-15(16)17)24-12-13-5-3-4-8-21-13/h3-5,8-9,11H,1-2,6-7,12H2. The number of aromatic nitrogens is 3. The van der Waals surface area contributed by atoms with Crippen molar-refractivity contribution < 1.29 is 4.74 Å². The van der Waals surface area contributed by atoms with Crippen LogP contribution < -0.4 is 4.74 Å². The number of rotatable bonds is 4. The lowest BCUT2D eigenvalue weighted by atomic mass is 9.92. The summed E-state index contributed by atoms with van der Waals surface area (Å²) in [5, 5.41) is 9.94. The van der Waals surface area contributed by atoms with Crippen LogP contribution in [0, 0.1) is 11.3 Å². The Morgan fingerprint density at radius 3 is 2.92 bits per heavy atom. The molecule has 4 rings (SSSR count). The Bertz CT molecular complexity index is 930. The lowest BCUT2D eigenvalue weighted by molar-refractivity contribution is 0.288. The molecule has 3 aromatic rings. The van der Waals surface area contributed by atoms with Crippen LogP contribution in [0.1, 0.15) is 34.7 Å². The van der Waals surface area contributed by atoms with Crippen molar-refractivity contribution in [1.29, 1.82) is 5.26 Å². The molecule has 124 valence electrons. The highest BCUT2D eigenvalue weighted by atomic mass is 32.1. The van der Waals surface area contributed by atoms with Gasteiger partial charge in [-0.2, -0.15) is 5.26 Å². The number of fused-ring (bicyclic) bond motifs is 1. The largest absolute Gasteiger partial charge is 0.471 e. The van der Waals surface area contributed by atoms with Gasteiger partial charge in [0, 0.05) is 23.5 Å². The van der Waals surface area contributed by atoms with Gasteiger partial charge in [-0.3, -0.25) is 4.98 Å². The third-order valence-electron chi connectivity index (χ3n) is 4.22. The first-order valence-corrected chi connectivity index (χ1v) is 9.07. The maximum absolute atomic E-state index is 9.08. The average molecular weight is 348 g/mol. The third-order valence-corrected chi connectivity index (χ3v) is 5.15. The van der Waals surface area contributed by atoms with Gasteiger partial charge in [0.25, 0.3) is 0 Å². The van der Waals surface area contributed by atoms with Crippen LogP contribution >= 0.6 is 11.3 Å². The number of hydrogen-bond acceptors (Lipinski definition) is 6. The van der Waals surface area contributed by atoms with Crippen LogP contribution in [0.4, 0.5) is 0 Å². The SMILES string of the molecule is N#Cc1cnc(-c2cc(OCc3ccccn3)nc3c2CCCC3)s1. The van der Waals surface area contributed by atoms with Gasteiger partial charge in [-0.1, -0.05) is 6.07 Å². The molecular formula is C19H16N4OS. The number of nitrogens with zero attached hydrogens (tertiary/aromatic N) is 4. The van der Waals surface area contributed by atoms with E-state index in [-0.39, 0.29) is 0 Å². The number of ether oxygens (including phenoxy) is 1. The quantitative estimate of drug-likeness (QED) is 0.714. The van der Waals surface area contributed by atoms with Gasteiger partial charge >= 0.3 is 0 Å². The molecule has 0 unspecified atom stereocenters. The number of hydrogen-bond donors (Lipinski definition) is 0. The molecule has 0 radical (unpaired) electrons. The highest BCUT2D eigenvalue weighted by Crippen LogP contribution is 2.35. The fourth-order valence-electron chi connectivity index (χ4n) is 3.03. The summed E-state index contributed by atoms with van der Waals surface area (Å²) in [4.78, 5) is 14.0. The molecule has 6 heteroatoms. The molecule has 0 fully saturated rings. The van der Waals surface area contributed by atoms with E-state index in [9.17, 15) is 0 Å². The smallest absolute Gasteiger partial charge is 0.214 e. The van der Waals surface area contributed by atoms with Gasteiger partial charge in [0.2, 0.25) is 5.88 Å². The van der Waals surface area contributed by atoms with Crippen LogP contribution in [-0.2, 0) is 19.4 Å². The Morgan fingerprint density at radius 1 is 1.20 bits per heavy atom. The first-order valence-electron chi connectivity index (χ1n) is 8.25. The lowest BCUT2D eigenvalue weighted by Crippen LogP contribution is -2.09. The van der Waals surface area contributed by atoms with Gasteiger partial charge in [0.15, 0.2) is 0 Å². The van der Waals surface area contributed by atoms with Crippen LogP contribution in [0.3, 0.4) is 0 Å². The van der Waals surface area contributed by atoms with E-state index in [2.05, 4.69) is 16.0 Å². The summed E-state index contributed by atoms with van der Waals surface area (Å²) >= 11 is 1.41. The van der Waals surface area contributed by atoms with Crippen LogP contribution in [0.15, 0.2) is 36.7 Å². The second-order valence-corrected chi connectivity index (χ2v) is 6.92. The summed E-state index contributed by atoms with van der Waals surface area (Å²) in [5.41, 5.74) is 4.25. The normalized spacial score (nSPS) is 13.1. The Kier molecular flexibility index (Phi) is 4.40. The van der Waals surface area contributed by atoms with Crippen molar-refractivity contribution in [3.05, 3.63) is 58.5 Å². The van der Waals surface area contributed by atoms with Crippen LogP contribution in [0.25, 0.3) is 10.6 Å². The Hall–Kier alpha value is -2.78. The van der Waals surface area contributed by atoms with Crippen LogP contribution in [0.5, 0.6) is 5.88 Å². The molecule has 0 aliphatic heterocycles. The first kappa shape index (κ1) is 15.7. The van der Waals surface area contributed by atoms with Crippen molar-refractivity contribution in [2.24, 2.45) is 0 Å². The van der Waals surface area contributed by atoms with E-state index in [0.717, 1.165) is 47.6 Å². The molecule has 0 saturated carbocycles. The number of pyridine rings is 2. The fraction of sp³-hybridized carbons (Fsp3) is 0.263. The molecule has 0 amide bonds. The molecule has 3 aromatic heterocycles. The van der Waals surface area contributed by atoms with E-state index in [4.69, 9.17) is 15.0 Å². The minimum absolute atomic E-state index is 0.382. The predicted octanol–water partition coefficient (Wildman–Crippen LogP) is 3.93. The van der Waals surface area contributed by atoms with E-state index >= 15 is 0 Å². The minimum Gasteiger partial charge on any atom is -0.471 e. The maximum Gasteiger partial charge on any atom is 0.214 e. The van der Waals surface area contributed by atoms with Crippen molar-refractivity contribution in [2.45, 2.75) is 32.3 Å². The Morgan fingerprint density at radius 2 is 2.12 bits per heavy atom. The van der Waals surface area contributed by atoms with Gasteiger partial charge in [-0.25, -0.2) is 9.97 Å². The van der Waals surface area contributed by atoms with Crippen molar-refractivity contribution in [1.82, 2.24) is 15.0 Å². The first-order chi connectivity index (χ1) is 12.3. The number of thiazole rings is 1. The number of nitriles is 1. The highest BCUT2D eigenvalue weighted by Gasteiger charge is 2.20. The fourth-order valence-corrected chi connectivity index (χ4v) is 3.78. The molecule has 1 aliphatic rings. The molecule has 3 heterocycles. The average Bonchev–Trinajstić information content (AvgIpc) is 3.15. The second-order valence-electron chi connectivity index (χ2n) is 5.89. The summed E-state index contributed by atoms with van der Waals surface area (Å²) in [6, 6.07) is 9.86. The lowest BCUT2D eigenvalue weighted by Gasteiger charge is -2.19. The van der Waals surface area contributed by atoms with E-state index in [1.807, 2.05) is 24.3 Å². The van der Waals surface area contributed by atoms with Crippen molar-refractivity contribution >= 4 is 11.3 Å². The van der Waals surface area contributed by atoms with Gasteiger partial charge in [0.05, 0.1) is 11.9 Å². The van der Waals surface area contributed by atoms with E-state index in [1.165, 1.54) is 16.9 Å². The molecule has 0 bridgehead atoms. The molecule has 0 spiro atoms. The molecule has 5 nitrogen and oxygen atoms in total. The number of aryl methyl sites for hydroxylation is 1. The monoisotopic (exact) mass is 348 g/mol. The van der Waals surface area contributed by atoms with Gasteiger partial charge in [-0.05, 0) is 43.4 Å². The predicted molar refractivity (Wildman–Crippen MR) is 95.3 cm³/mol. The van der Waals surface area contributed by atoms with E-state index in [0.29, 0.717) is 17.4 Å². The zero-order valence-electron chi connectivity index (χ0n) is 13.6. The second kappa shape index (κ2) is 6.99.